The molecule has 2 atom stereocenters. The molecule has 9 heavy (non-hydrogen) atoms. The van der Waals surface area contributed by atoms with Crippen molar-refractivity contribution >= 4 is 50.3 Å². The third-order valence-electron chi connectivity index (χ3n) is 0.678. The SMILES string of the molecule is O=C1OC(S)C(S)O1.[LiH]. The van der Waals surface area contributed by atoms with E-state index in [0.717, 1.165) is 0 Å². The Hall–Kier alpha value is 0.567. The fourth-order valence-electron chi connectivity index (χ4n) is 0.341. The van der Waals surface area contributed by atoms with Crippen molar-refractivity contribution in [2.24, 2.45) is 0 Å². The third kappa shape index (κ3) is 2.34. The molecule has 0 aromatic carbocycles. The summed E-state index contributed by atoms with van der Waals surface area (Å²) in [5.74, 6) is 0. The van der Waals surface area contributed by atoms with E-state index < -0.39 is 17.0 Å². The number of hydrogen-bond acceptors (Lipinski definition) is 5. The van der Waals surface area contributed by atoms with Crippen molar-refractivity contribution in [1.82, 2.24) is 0 Å². The van der Waals surface area contributed by atoms with E-state index in [1.807, 2.05) is 0 Å². The second kappa shape index (κ2) is 3.67. The van der Waals surface area contributed by atoms with Crippen molar-refractivity contribution in [2.75, 3.05) is 0 Å². The van der Waals surface area contributed by atoms with Gasteiger partial charge in [-0.15, -0.1) is 25.3 Å². The molecule has 0 aromatic rings. The van der Waals surface area contributed by atoms with Gasteiger partial charge in [0, 0.05) is 0 Å². The summed E-state index contributed by atoms with van der Waals surface area (Å²) in [5.41, 5.74) is -1.04. The van der Waals surface area contributed by atoms with Crippen molar-refractivity contribution in [2.45, 2.75) is 10.9 Å². The van der Waals surface area contributed by atoms with E-state index in [4.69, 9.17) is 0 Å². The van der Waals surface area contributed by atoms with Gasteiger partial charge in [0.1, 0.15) is 0 Å². The molecule has 48 valence electrons. The van der Waals surface area contributed by atoms with Crippen LogP contribution in [-0.2, 0) is 9.47 Å². The summed E-state index contributed by atoms with van der Waals surface area (Å²) in [6, 6.07) is 0. The van der Waals surface area contributed by atoms with Gasteiger partial charge >= 0.3 is 25.0 Å². The number of carbonyl (C=O) groups is 1. The van der Waals surface area contributed by atoms with E-state index in [1.54, 1.807) is 0 Å². The predicted molar refractivity (Wildman–Crippen MR) is 40.3 cm³/mol. The van der Waals surface area contributed by atoms with E-state index >= 15 is 0 Å². The molecular formula is C3H5LiO3S2. The summed E-state index contributed by atoms with van der Waals surface area (Å²) in [6.07, 6.45) is -0.704. The molecule has 0 aromatic heterocycles. The summed E-state index contributed by atoms with van der Waals surface area (Å²) in [7, 11) is 0. The first-order chi connectivity index (χ1) is 3.70. The molecule has 0 radical (unpaired) electrons. The monoisotopic (exact) mass is 160 g/mol. The van der Waals surface area contributed by atoms with E-state index in [9.17, 15) is 4.79 Å². The Kier molecular flexibility index (Phi) is 3.90. The molecule has 0 spiro atoms. The van der Waals surface area contributed by atoms with E-state index in [0.29, 0.717) is 0 Å². The van der Waals surface area contributed by atoms with Gasteiger partial charge in [-0.2, -0.15) is 0 Å². The van der Waals surface area contributed by atoms with Gasteiger partial charge in [-0.1, -0.05) is 0 Å². The molecule has 0 saturated carbocycles. The van der Waals surface area contributed by atoms with Gasteiger partial charge in [-0.3, -0.25) is 0 Å². The molecule has 1 saturated heterocycles. The zero-order valence-electron chi connectivity index (χ0n) is 3.77. The van der Waals surface area contributed by atoms with Crippen LogP contribution in [0.2, 0.25) is 0 Å². The third-order valence-corrected chi connectivity index (χ3v) is 1.67. The first kappa shape index (κ1) is 9.57. The molecule has 2 unspecified atom stereocenters. The van der Waals surface area contributed by atoms with Crippen molar-refractivity contribution < 1.29 is 14.3 Å². The van der Waals surface area contributed by atoms with Crippen LogP contribution in [0.5, 0.6) is 0 Å². The predicted octanol–water partition coefficient (Wildman–Crippen LogP) is 0.0165. The maximum absolute atomic E-state index is 10.1. The number of rotatable bonds is 0. The van der Waals surface area contributed by atoms with Gasteiger partial charge in [-0.05, 0) is 0 Å². The number of ether oxygens (including phenoxy) is 2. The zero-order valence-corrected chi connectivity index (χ0v) is 5.56. The molecular weight excluding hydrogens is 155 g/mol. The van der Waals surface area contributed by atoms with Gasteiger partial charge in [0.05, 0.1) is 0 Å². The van der Waals surface area contributed by atoms with Gasteiger partial charge in [0.15, 0.2) is 10.9 Å². The molecule has 1 fully saturated rings. The van der Waals surface area contributed by atoms with E-state index in [1.165, 1.54) is 0 Å². The normalized spacial score (nSPS) is 32.4. The Labute approximate surface area is 75.5 Å². The van der Waals surface area contributed by atoms with Crippen molar-refractivity contribution in [1.29, 1.82) is 0 Å². The molecule has 6 heteroatoms. The van der Waals surface area contributed by atoms with Gasteiger partial charge in [-0.25, -0.2) is 4.79 Å². The molecule has 1 rings (SSSR count). The number of thiol groups is 2. The summed E-state index contributed by atoms with van der Waals surface area (Å²) in [5, 5.41) is 0. The van der Waals surface area contributed by atoms with Gasteiger partial charge in [0.2, 0.25) is 0 Å². The molecule has 1 aliphatic heterocycles. The Morgan fingerprint density at radius 3 is 1.67 bits per heavy atom. The van der Waals surface area contributed by atoms with E-state index in [2.05, 4.69) is 34.7 Å². The zero-order chi connectivity index (χ0) is 6.15. The van der Waals surface area contributed by atoms with Crippen LogP contribution in [0.1, 0.15) is 0 Å². The average Bonchev–Trinajstić information content (AvgIpc) is 1.85. The van der Waals surface area contributed by atoms with Crippen molar-refractivity contribution in [3.8, 4) is 0 Å². The van der Waals surface area contributed by atoms with Crippen LogP contribution in [0, 0.1) is 0 Å². The summed E-state index contributed by atoms with van der Waals surface area (Å²) in [6.45, 7) is 0. The summed E-state index contributed by atoms with van der Waals surface area (Å²) >= 11 is 7.60. The molecule has 0 aliphatic carbocycles. The van der Waals surface area contributed by atoms with Gasteiger partial charge in [0.25, 0.3) is 0 Å². The Morgan fingerprint density at radius 2 is 1.56 bits per heavy atom. The topological polar surface area (TPSA) is 35.5 Å². The Morgan fingerprint density at radius 1 is 1.22 bits per heavy atom. The molecule has 0 amide bonds. The Balaban J connectivity index is 0.000000640. The van der Waals surface area contributed by atoms with Crippen molar-refractivity contribution in [3.63, 3.8) is 0 Å². The van der Waals surface area contributed by atoms with Crippen LogP contribution >= 0.6 is 25.3 Å². The second-order valence-corrected chi connectivity index (χ2v) is 2.28. The Bertz CT molecular complexity index is 108. The first-order valence-corrected chi connectivity index (χ1v) is 2.97. The summed E-state index contributed by atoms with van der Waals surface area (Å²) < 4.78 is 8.80. The molecule has 1 heterocycles. The van der Waals surface area contributed by atoms with Crippen molar-refractivity contribution in [3.05, 3.63) is 0 Å². The average molecular weight is 160 g/mol. The molecule has 0 N–H and O–H groups in total. The van der Waals surface area contributed by atoms with Crippen LogP contribution in [0.25, 0.3) is 0 Å². The van der Waals surface area contributed by atoms with Crippen LogP contribution < -0.4 is 0 Å². The minimum atomic E-state index is -0.704. The van der Waals surface area contributed by atoms with Gasteiger partial charge < -0.3 is 9.47 Å². The first-order valence-electron chi connectivity index (χ1n) is 1.93. The van der Waals surface area contributed by atoms with Crippen LogP contribution in [0.15, 0.2) is 0 Å². The van der Waals surface area contributed by atoms with Crippen LogP contribution in [0.4, 0.5) is 4.79 Å². The van der Waals surface area contributed by atoms with Crippen LogP contribution in [0.3, 0.4) is 0 Å². The number of cyclic esters (lactones) is 2. The molecule has 0 bridgehead atoms. The standard InChI is InChI=1S/C3H4O3S2.Li.H/c4-3-5-1(7)2(8)6-3;;/h1-2,7-8H;;. The molecule has 1 aliphatic rings. The number of hydrogen-bond donors (Lipinski definition) is 2. The van der Waals surface area contributed by atoms with E-state index in [-0.39, 0.29) is 18.9 Å². The minimum absolute atomic E-state index is 0. The molecule has 3 nitrogen and oxygen atoms in total. The fourth-order valence-corrected chi connectivity index (χ4v) is 0.635. The quantitative estimate of drug-likeness (QED) is 0.298. The second-order valence-electron chi connectivity index (χ2n) is 1.27. The number of carbonyl (C=O) groups excluding carboxylic acids is 1. The van der Waals surface area contributed by atoms with Crippen LogP contribution in [-0.4, -0.2) is 35.9 Å². The summed E-state index contributed by atoms with van der Waals surface area (Å²) in [4.78, 5) is 10.1. The fraction of sp³-hybridized carbons (Fsp3) is 0.667. The maximum atomic E-state index is 10.1.